The summed E-state index contributed by atoms with van der Waals surface area (Å²) in [5.74, 6) is 0. The van der Waals surface area contributed by atoms with Crippen LogP contribution in [0, 0.1) is 0 Å². The van der Waals surface area contributed by atoms with Gasteiger partial charge in [-0.3, -0.25) is 0 Å². The van der Waals surface area contributed by atoms with E-state index in [1.54, 1.807) is 0 Å². The van der Waals surface area contributed by atoms with Crippen molar-refractivity contribution in [1.82, 2.24) is 0 Å². The van der Waals surface area contributed by atoms with Crippen molar-refractivity contribution in [3.05, 3.63) is 120 Å². The topological polar surface area (TPSA) is 12.0 Å². The molecule has 0 bridgehead atoms. The third-order valence-electron chi connectivity index (χ3n) is 6.67. The highest BCUT2D eigenvalue weighted by atomic mass is 32.2. The lowest BCUT2D eigenvalue weighted by molar-refractivity contribution is 0.614. The predicted octanol–water partition coefficient (Wildman–Crippen LogP) is 9.04. The molecule has 0 fully saturated rings. The second kappa shape index (κ2) is 7.83. The number of anilines is 2. The first-order valence-corrected chi connectivity index (χ1v) is 12.2. The molecule has 1 N–H and O–H groups in total. The van der Waals surface area contributed by atoms with E-state index in [1.165, 1.54) is 42.8 Å². The van der Waals surface area contributed by atoms with E-state index in [0.717, 1.165) is 11.4 Å². The highest BCUT2D eigenvalue weighted by molar-refractivity contribution is 7.99. The molecule has 33 heavy (non-hydrogen) atoms. The lowest BCUT2D eigenvalue weighted by atomic mass is 9.75. The van der Waals surface area contributed by atoms with Crippen LogP contribution < -0.4 is 5.32 Å². The van der Waals surface area contributed by atoms with Crippen LogP contribution in [0.5, 0.6) is 0 Å². The molecule has 1 nitrogen and oxygen atoms in total. The number of benzene rings is 5. The maximum atomic E-state index is 3.62. The molecule has 1 aliphatic rings. The zero-order chi connectivity index (χ0) is 22.4. The van der Waals surface area contributed by atoms with Gasteiger partial charge >= 0.3 is 0 Å². The van der Waals surface area contributed by atoms with Gasteiger partial charge in [0.2, 0.25) is 0 Å². The van der Waals surface area contributed by atoms with E-state index in [9.17, 15) is 0 Å². The summed E-state index contributed by atoms with van der Waals surface area (Å²) >= 11 is 1.89. The molecule has 0 saturated carbocycles. The van der Waals surface area contributed by atoms with Crippen molar-refractivity contribution in [2.24, 2.45) is 0 Å². The van der Waals surface area contributed by atoms with Crippen LogP contribution in [-0.2, 0) is 5.41 Å². The molecule has 1 heterocycles. The molecule has 0 spiro atoms. The minimum absolute atomic E-state index is 0.0777. The summed E-state index contributed by atoms with van der Waals surface area (Å²) in [7, 11) is 0. The molecule has 1 aliphatic heterocycles. The van der Waals surface area contributed by atoms with Gasteiger partial charge in [0.05, 0.1) is 0 Å². The van der Waals surface area contributed by atoms with Gasteiger partial charge in [-0.15, -0.1) is 0 Å². The first-order chi connectivity index (χ1) is 16.1. The number of hydrogen-bond donors (Lipinski definition) is 1. The summed E-state index contributed by atoms with van der Waals surface area (Å²) in [5, 5.41) is 6.28. The molecule has 2 heteroatoms. The SMILES string of the molecule is CC1(C)c2cc(Nc3ccc(-c4ccccc4)cc3)ccc2Sc2ccc3ccccc3c21. The number of rotatable bonds is 3. The monoisotopic (exact) mass is 443 g/mol. The third-order valence-corrected chi connectivity index (χ3v) is 7.81. The summed E-state index contributed by atoms with van der Waals surface area (Å²) in [5.41, 5.74) is 7.42. The van der Waals surface area contributed by atoms with Crippen LogP contribution in [0.3, 0.4) is 0 Å². The number of hydrogen-bond acceptors (Lipinski definition) is 2. The van der Waals surface area contributed by atoms with Crippen LogP contribution in [0.1, 0.15) is 25.0 Å². The van der Waals surface area contributed by atoms with Gasteiger partial charge in [0.25, 0.3) is 0 Å². The normalized spacial score (nSPS) is 13.9. The summed E-state index contributed by atoms with van der Waals surface area (Å²) < 4.78 is 0. The molecule has 5 aromatic carbocycles. The fourth-order valence-electron chi connectivity index (χ4n) is 4.96. The van der Waals surface area contributed by atoms with Gasteiger partial charge in [0, 0.05) is 26.6 Å². The van der Waals surface area contributed by atoms with Crippen molar-refractivity contribution in [1.29, 1.82) is 0 Å². The zero-order valence-electron chi connectivity index (χ0n) is 18.8. The van der Waals surface area contributed by atoms with E-state index in [2.05, 4.69) is 128 Å². The highest BCUT2D eigenvalue weighted by Crippen LogP contribution is 2.52. The maximum absolute atomic E-state index is 3.62. The largest absolute Gasteiger partial charge is 0.356 e. The zero-order valence-corrected chi connectivity index (χ0v) is 19.6. The van der Waals surface area contributed by atoms with Crippen molar-refractivity contribution in [3.63, 3.8) is 0 Å². The van der Waals surface area contributed by atoms with E-state index in [4.69, 9.17) is 0 Å². The summed E-state index contributed by atoms with van der Waals surface area (Å²) in [6.07, 6.45) is 0. The summed E-state index contributed by atoms with van der Waals surface area (Å²) in [6, 6.07) is 39.2. The molecule has 0 saturated heterocycles. The molecule has 0 aromatic heterocycles. The van der Waals surface area contributed by atoms with E-state index < -0.39 is 0 Å². The maximum Gasteiger partial charge on any atom is 0.0388 e. The second-order valence-electron chi connectivity index (χ2n) is 9.17. The van der Waals surface area contributed by atoms with Crippen molar-refractivity contribution in [3.8, 4) is 11.1 Å². The molecular weight excluding hydrogens is 418 g/mol. The number of fused-ring (bicyclic) bond motifs is 4. The minimum atomic E-state index is -0.0777. The van der Waals surface area contributed by atoms with Gasteiger partial charge in [-0.25, -0.2) is 0 Å². The van der Waals surface area contributed by atoms with Crippen LogP contribution in [-0.4, -0.2) is 0 Å². The van der Waals surface area contributed by atoms with Crippen molar-refractivity contribution >= 4 is 33.9 Å². The molecular formula is C31H25NS. The Kier molecular flexibility index (Phi) is 4.78. The summed E-state index contributed by atoms with van der Waals surface area (Å²) in [6.45, 7) is 4.71. The lowest BCUT2D eigenvalue weighted by Crippen LogP contribution is -2.24. The predicted molar refractivity (Wildman–Crippen MR) is 142 cm³/mol. The first-order valence-electron chi connectivity index (χ1n) is 11.4. The fraction of sp³-hybridized carbons (Fsp3) is 0.0968. The third kappa shape index (κ3) is 3.51. The van der Waals surface area contributed by atoms with Gasteiger partial charge in [0.15, 0.2) is 0 Å². The van der Waals surface area contributed by atoms with Gasteiger partial charge < -0.3 is 5.32 Å². The van der Waals surface area contributed by atoms with Gasteiger partial charge in [-0.2, -0.15) is 0 Å². The first kappa shape index (κ1) is 20.1. The number of nitrogens with one attached hydrogen (secondary N) is 1. The Balaban J connectivity index is 1.34. The molecule has 6 rings (SSSR count). The van der Waals surface area contributed by atoms with E-state index in [-0.39, 0.29) is 5.41 Å². The van der Waals surface area contributed by atoms with Crippen molar-refractivity contribution < 1.29 is 0 Å². The Morgan fingerprint density at radius 1 is 0.606 bits per heavy atom. The second-order valence-corrected chi connectivity index (χ2v) is 10.2. The van der Waals surface area contributed by atoms with Crippen LogP contribution in [0.15, 0.2) is 119 Å². The van der Waals surface area contributed by atoms with Crippen LogP contribution in [0.25, 0.3) is 21.9 Å². The van der Waals surface area contributed by atoms with Crippen LogP contribution >= 0.6 is 11.8 Å². The molecule has 0 atom stereocenters. The Morgan fingerprint density at radius 2 is 1.27 bits per heavy atom. The molecule has 0 unspecified atom stereocenters. The Bertz CT molecular complexity index is 1470. The smallest absolute Gasteiger partial charge is 0.0388 e. The average Bonchev–Trinajstić information content (AvgIpc) is 2.85. The summed E-state index contributed by atoms with van der Waals surface area (Å²) in [4.78, 5) is 2.70. The molecule has 0 amide bonds. The molecule has 0 radical (unpaired) electrons. The van der Waals surface area contributed by atoms with Crippen LogP contribution in [0.4, 0.5) is 11.4 Å². The lowest BCUT2D eigenvalue weighted by Gasteiger charge is -2.36. The average molecular weight is 444 g/mol. The van der Waals surface area contributed by atoms with E-state index in [1.807, 2.05) is 11.8 Å². The molecule has 5 aromatic rings. The standard InChI is InChI=1S/C31H25NS/c1-31(2)27-20-25(32-24-15-12-22(13-16-24)21-8-4-3-5-9-21)17-19-28(27)33-29-18-14-23-10-6-7-11-26(23)30(29)31/h3-20,32H,1-2H3. The Hall–Kier alpha value is -3.49. The van der Waals surface area contributed by atoms with Crippen molar-refractivity contribution in [2.45, 2.75) is 29.1 Å². The Labute approximate surface area is 199 Å². The van der Waals surface area contributed by atoms with Gasteiger partial charge in [0.1, 0.15) is 0 Å². The Morgan fingerprint density at radius 3 is 2.09 bits per heavy atom. The highest BCUT2D eigenvalue weighted by Gasteiger charge is 2.34. The quantitative estimate of drug-likeness (QED) is 0.298. The van der Waals surface area contributed by atoms with E-state index >= 15 is 0 Å². The van der Waals surface area contributed by atoms with Crippen LogP contribution in [0.2, 0.25) is 0 Å². The fourth-order valence-corrected chi connectivity index (χ4v) is 6.36. The van der Waals surface area contributed by atoms with Gasteiger partial charge in [-0.05, 0) is 69.4 Å². The minimum Gasteiger partial charge on any atom is -0.356 e. The van der Waals surface area contributed by atoms with Crippen molar-refractivity contribution in [2.75, 3.05) is 5.32 Å². The molecule has 160 valence electrons. The van der Waals surface area contributed by atoms with Gasteiger partial charge in [-0.1, -0.05) is 98.4 Å². The molecule has 0 aliphatic carbocycles. The van der Waals surface area contributed by atoms with E-state index in [0.29, 0.717) is 0 Å².